The number of aryl methyl sites for hydroxylation is 1. The molecule has 1 amide bonds. The maximum absolute atomic E-state index is 13.0. The molecule has 0 spiro atoms. The van der Waals surface area contributed by atoms with Gasteiger partial charge < -0.3 is 14.5 Å². The van der Waals surface area contributed by atoms with E-state index in [0.717, 1.165) is 29.9 Å². The Morgan fingerprint density at radius 2 is 1.76 bits per heavy atom. The summed E-state index contributed by atoms with van der Waals surface area (Å²) in [6.45, 7) is 5.07. The number of likely N-dealkylation sites (N-methyl/N-ethyl adjacent to an activating group) is 1. The van der Waals surface area contributed by atoms with Gasteiger partial charge in [-0.15, -0.1) is 5.10 Å². The molecule has 0 bridgehead atoms. The van der Waals surface area contributed by atoms with E-state index in [0.29, 0.717) is 24.8 Å². The number of aromatic nitrogens is 4. The van der Waals surface area contributed by atoms with Gasteiger partial charge in [0.2, 0.25) is 11.7 Å². The minimum atomic E-state index is -0.147. The summed E-state index contributed by atoms with van der Waals surface area (Å²) >= 11 is 0. The molecule has 150 valence electrons. The Kier molecular flexibility index (Phi) is 5.26. The van der Waals surface area contributed by atoms with E-state index in [2.05, 4.69) is 27.0 Å². The number of nitrogens with zero attached hydrogens (tertiary/aromatic N) is 6. The van der Waals surface area contributed by atoms with Crippen LogP contribution >= 0.6 is 0 Å². The summed E-state index contributed by atoms with van der Waals surface area (Å²) in [7, 11) is 3.63. The first kappa shape index (κ1) is 19.1. The lowest BCUT2D eigenvalue weighted by Gasteiger charge is -2.31. The van der Waals surface area contributed by atoms with E-state index in [4.69, 9.17) is 4.74 Å². The monoisotopic (exact) mass is 392 g/mol. The van der Waals surface area contributed by atoms with Gasteiger partial charge in [-0.05, 0) is 32.2 Å². The van der Waals surface area contributed by atoms with Crippen LogP contribution in [0.15, 0.2) is 42.6 Å². The van der Waals surface area contributed by atoms with Crippen molar-refractivity contribution in [1.82, 2.24) is 29.5 Å². The highest BCUT2D eigenvalue weighted by Crippen LogP contribution is 2.23. The molecule has 1 aliphatic rings. The fraction of sp³-hybridized carbons (Fsp3) is 0.333. The zero-order valence-corrected chi connectivity index (χ0v) is 16.9. The van der Waals surface area contributed by atoms with Crippen LogP contribution in [0.2, 0.25) is 0 Å². The molecular weight excluding hydrogens is 368 g/mol. The summed E-state index contributed by atoms with van der Waals surface area (Å²) in [5.74, 6) is 1.14. The number of carbonyl (C=O) groups is 1. The molecule has 4 rings (SSSR count). The van der Waals surface area contributed by atoms with Gasteiger partial charge in [0.1, 0.15) is 0 Å². The van der Waals surface area contributed by atoms with Crippen LogP contribution in [-0.2, 0) is 0 Å². The third kappa shape index (κ3) is 3.97. The molecule has 0 N–H and O–H groups in total. The molecule has 0 saturated carbocycles. The summed E-state index contributed by atoms with van der Waals surface area (Å²) in [6, 6.07) is 11.6. The lowest BCUT2D eigenvalue weighted by molar-refractivity contribution is 0.0652. The second kappa shape index (κ2) is 8.00. The first-order valence-corrected chi connectivity index (χ1v) is 9.57. The van der Waals surface area contributed by atoms with E-state index in [9.17, 15) is 4.79 Å². The van der Waals surface area contributed by atoms with Crippen molar-refractivity contribution in [3.8, 4) is 23.0 Å². The van der Waals surface area contributed by atoms with E-state index in [1.54, 1.807) is 24.1 Å². The van der Waals surface area contributed by atoms with Gasteiger partial charge >= 0.3 is 0 Å². The molecule has 0 radical (unpaired) electrons. The zero-order chi connectivity index (χ0) is 20.4. The van der Waals surface area contributed by atoms with E-state index in [1.165, 1.54) is 0 Å². The Labute approximate surface area is 169 Å². The van der Waals surface area contributed by atoms with Crippen molar-refractivity contribution >= 4 is 5.91 Å². The molecule has 8 nitrogen and oxygen atoms in total. The smallest absolute Gasteiger partial charge is 0.293 e. The average Bonchev–Trinajstić information content (AvgIpc) is 3.20. The number of methoxy groups -OCH3 is 1. The molecule has 1 aliphatic heterocycles. The molecule has 0 aliphatic carbocycles. The first-order valence-electron chi connectivity index (χ1n) is 9.57. The third-order valence-corrected chi connectivity index (χ3v) is 5.07. The lowest BCUT2D eigenvalue weighted by Crippen LogP contribution is -2.47. The normalized spacial score (nSPS) is 14.8. The van der Waals surface area contributed by atoms with Crippen molar-refractivity contribution < 1.29 is 9.53 Å². The predicted molar refractivity (Wildman–Crippen MR) is 109 cm³/mol. The summed E-state index contributed by atoms with van der Waals surface area (Å²) in [4.78, 5) is 25.9. The Balaban J connectivity index is 1.73. The topological polar surface area (TPSA) is 76.4 Å². The van der Waals surface area contributed by atoms with Gasteiger partial charge in [-0.2, -0.15) is 0 Å². The van der Waals surface area contributed by atoms with Gasteiger partial charge in [-0.3, -0.25) is 4.79 Å². The van der Waals surface area contributed by atoms with Crippen molar-refractivity contribution in [1.29, 1.82) is 0 Å². The quantitative estimate of drug-likeness (QED) is 0.676. The molecule has 1 fully saturated rings. The standard InChI is InChI=1S/C21H24N6O2/c1-15-4-7-17(8-5-15)27-20(16-6-9-18(29-3)22-14-16)23-19(24-27)21(28)26-12-10-25(2)11-13-26/h4-9,14H,10-13H2,1-3H3. The number of piperazine rings is 1. The Morgan fingerprint density at radius 3 is 2.38 bits per heavy atom. The van der Waals surface area contributed by atoms with Crippen LogP contribution in [0.1, 0.15) is 16.2 Å². The molecule has 29 heavy (non-hydrogen) atoms. The highest BCUT2D eigenvalue weighted by atomic mass is 16.5. The van der Waals surface area contributed by atoms with Gasteiger partial charge in [-0.25, -0.2) is 14.6 Å². The van der Waals surface area contributed by atoms with Gasteiger partial charge in [0.05, 0.1) is 12.8 Å². The van der Waals surface area contributed by atoms with Crippen molar-refractivity contribution in [2.75, 3.05) is 40.3 Å². The number of benzene rings is 1. The van der Waals surface area contributed by atoms with Crippen LogP contribution in [0.3, 0.4) is 0 Å². The van der Waals surface area contributed by atoms with Gasteiger partial charge in [0.25, 0.3) is 5.91 Å². The van der Waals surface area contributed by atoms with E-state index < -0.39 is 0 Å². The maximum atomic E-state index is 13.0. The number of ether oxygens (including phenoxy) is 1. The number of carbonyl (C=O) groups excluding carboxylic acids is 1. The molecular formula is C21H24N6O2. The number of hydrogen-bond acceptors (Lipinski definition) is 6. The minimum absolute atomic E-state index is 0.147. The predicted octanol–water partition coefficient (Wildman–Crippen LogP) is 2.03. The molecule has 3 heterocycles. The van der Waals surface area contributed by atoms with Crippen LogP contribution in [-0.4, -0.2) is 75.8 Å². The molecule has 0 atom stereocenters. The first-order chi connectivity index (χ1) is 14.0. The van der Waals surface area contributed by atoms with Crippen molar-refractivity contribution in [3.05, 3.63) is 54.0 Å². The number of pyridine rings is 1. The SMILES string of the molecule is COc1ccc(-c2nc(C(=O)N3CCN(C)CC3)nn2-c2ccc(C)cc2)cn1. The van der Waals surface area contributed by atoms with Gasteiger partial charge in [0, 0.05) is 44.0 Å². The van der Waals surface area contributed by atoms with Crippen LogP contribution in [0.4, 0.5) is 0 Å². The largest absolute Gasteiger partial charge is 0.481 e. The second-order valence-corrected chi connectivity index (χ2v) is 7.19. The van der Waals surface area contributed by atoms with Gasteiger partial charge in [-0.1, -0.05) is 17.7 Å². The molecule has 8 heteroatoms. The van der Waals surface area contributed by atoms with Crippen LogP contribution in [0.5, 0.6) is 5.88 Å². The summed E-state index contributed by atoms with van der Waals surface area (Å²) in [6.07, 6.45) is 1.68. The van der Waals surface area contributed by atoms with Crippen molar-refractivity contribution in [2.24, 2.45) is 0 Å². The minimum Gasteiger partial charge on any atom is -0.481 e. The summed E-state index contributed by atoms with van der Waals surface area (Å²) in [5.41, 5.74) is 2.75. The number of amides is 1. The van der Waals surface area contributed by atoms with Crippen LogP contribution in [0.25, 0.3) is 17.1 Å². The highest BCUT2D eigenvalue weighted by molar-refractivity contribution is 5.91. The fourth-order valence-electron chi connectivity index (χ4n) is 3.24. The maximum Gasteiger partial charge on any atom is 0.293 e. The molecule has 1 aromatic carbocycles. The van der Waals surface area contributed by atoms with E-state index in [-0.39, 0.29) is 11.7 Å². The molecule has 2 aromatic heterocycles. The van der Waals surface area contributed by atoms with Crippen molar-refractivity contribution in [2.45, 2.75) is 6.92 Å². The fourth-order valence-corrected chi connectivity index (χ4v) is 3.24. The number of rotatable bonds is 4. The summed E-state index contributed by atoms with van der Waals surface area (Å²) < 4.78 is 6.85. The number of hydrogen-bond donors (Lipinski definition) is 0. The second-order valence-electron chi connectivity index (χ2n) is 7.19. The highest BCUT2D eigenvalue weighted by Gasteiger charge is 2.26. The van der Waals surface area contributed by atoms with Crippen LogP contribution in [0, 0.1) is 6.92 Å². The molecule has 1 saturated heterocycles. The Hall–Kier alpha value is -3.26. The molecule has 0 unspecified atom stereocenters. The average molecular weight is 392 g/mol. The Bertz CT molecular complexity index is 989. The van der Waals surface area contributed by atoms with Crippen molar-refractivity contribution in [3.63, 3.8) is 0 Å². The van der Waals surface area contributed by atoms with Crippen LogP contribution < -0.4 is 4.74 Å². The summed E-state index contributed by atoms with van der Waals surface area (Å²) in [5, 5.41) is 4.56. The van der Waals surface area contributed by atoms with E-state index in [1.807, 2.05) is 42.2 Å². The Morgan fingerprint density at radius 1 is 1.03 bits per heavy atom. The third-order valence-electron chi connectivity index (χ3n) is 5.07. The van der Waals surface area contributed by atoms with Gasteiger partial charge in [0.15, 0.2) is 5.82 Å². The lowest BCUT2D eigenvalue weighted by atomic mass is 10.2. The molecule has 3 aromatic rings. The zero-order valence-electron chi connectivity index (χ0n) is 16.9. The van der Waals surface area contributed by atoms with E-state index >= 15 is 0 Å².